The van der Waals surface area contributed by atoms with E-state index in [1.165, 1.54) is 6.07 Å². The Morgan fingerprint density at radius 2 is 1.57 bits per heavy atom. The molecule has 0 fully saturated rings. The van der Waals surface area contributed by atoms with Crippen molar-refractivity contribution in [3.05, 3.63) is 60.7 Å². The quantitative estimate of drug-likeness (QED) is 0.504. The third-order valence-corrected chi connectivity index (χ3v) is 4.10. The van der Waals surface area contributed by atoms with Gasteiger partial charge < -0.3 is 10.4 Å². The van der Waals surface area contributed by atoms with Crippen LogP contribution in [0.15, 0.2) is 65.6 Å². The standard InChI is InChI=1S/C16H13NO4S.Na/c18-16-10-14(22(19,20)21)9-11-8-13(6-7-15(11)16)17-12-4-2-1-3-5-12;/h1-10,17-18H,(H,19,20,21);. The van der Waals surface area contributed by atoms with Gasteiger partial charge >= 0.3 is 0 Å². The van der Waals surface area contributed by atoms with Crippen LogP contribution in [0.1, 0.15) is 0 Å². The minimum absolute atomic E-state index is 0. The van der Waals surface area contributed by atoms with E-state index in [1.807, 2.05) is 30.3 Å². The van der Waals surface area contributed by atoms with Crippen molar-refractivity contribution in [3.63, 3.8) is 0 Å². The molecule has 0 aromatic heterocycles. The minimum atomic E-state index is -4.37. The van der Waals surface area contributed by atoms with Crippen LogP contribution < -0.4 is 5.32 Å². The molecule has 5 nitrogen and oxygen atoms in total. The number of para-hydroxylation sites is 1. The first-order valence-electron chi connectivity index (χ1n) is 6.50. The number of hydrogen-bond acceptors (Lipinski definition) is 4. The number of nitrogens with one attached hydrogen (secondary N) is 1. The van der Waals surface area contributed by atoms with Gasteiger partial charge in [-0.05, 0) is 41.8 Å². The van der Waals surface area contributed by atoms with E-state index in [1.54, 1.807) is 18.2 Å². The van der Waals surface area contributed by atoms with E-state index in [0.29, 0.717) is 10.8 Å². The second-order valence-corrected chi connectivity index (χ2v) is 6.27. The molecule has 0 unspecified atom stereocenters. The second-order valence-electron chi connectivity index (χ2n) is 4.84. The number of phenolic OH excluding ortho intramolecular Hbond substituents is 1. The topological polar surface area (TPSA) is 86.6 Å². The summed E-state index contributed by atoms with van der Waals surface area (Å²) in [5, 5.41) is 14.1. The molecule has 0 aliphatic rings. The Labute approximate surface area is 156 Å². The van der Waals surface area contributed by atoms with Crippen molar-refractivity contribution in [2.24, 2.45) is 0 Å². The van der Waals surface area contributed by atoms with E-state index in [-0.39, 0.29) is 40.2 Å². The smallest absolute Gasteiger partial charge is 0.294 e. The molecule has 0 atom stereocenters. The molecular weight excluding hydrogens is 325 g/mol. The average Bonchev–Trinajstić information content (AvgIpc) is 2.47. The van der Waals surface area contributed by atoms with Crippen LogP contribution in [0.5, 0.6) is 5.75 Å². The Balaban J connectivity index is 0.00000192. The Hall–Kier alpha value is -1.57. The first-order valence-corrected chi connectivity index (χ1v) is 7.94. The van der Waals surface area contributed by atoms with Gasteiger partial charge in [0.25, 0.3) is 10.1 Å². The molecule has 0 amide bonds. The van der Waals surface area contributed by atoms with Crippen LogP contribution in [-0.4, -0.2) is 47.6 Å². The maximum atomic E-state index is 11.2. The van der Waals surface area contributed by atoms with E-state index < -0.39 is 10.1 Å². The van der Waals surface area contributed by atoms with Crippen LogP contribution in [0, 0.1) is 0 Å². The Bertz CT molecular complexity index is 943. The number of anilines is 2. The van der Waals surface area contributed by atoms with E-state index in [4.69, 9.17) is 4.55 Å². The van der Waals surface area contributed by atoms with Gasteiger partial charge in [-0.2, -0.15) is 8.42 Å². The summed E-state index contributed by atoms with van der Waals surface area (Å²) in [6, 6.07) is 17.0. The molecule has 3 aromatic carbocycles. The average molecular weight is 338 g/mol. The van der Waals surface area contributed by atoms with Gasteiger partial charge in [0.05, 0.1) is 4.90 Å². The fraction of sp³-hybridized carbons (Fsp3) is 0. The molecule has 0 heterocycles. The predicted octanol–water partition coefficient (Wildman–Crippen LogP) is 3.15. The van der Waals surface area contributed by atoms with Gasteiger partial charge in [0, 0.05) is 52.4 Å². The molecule has 0 spiro atoms. The zero-order valence-electron chi connectivity index (χ0n) is 12.4. The monoisotopic (exact) mass is 338 g/mol. The number of fused-ring (bicyclic) bond motifs is 1. The number of rotatable bonds is 3. The number of phenols is 1. The summed E-state index contributed by atoms with van der Waals surface area (Å²) in [7, 11) is -4.37. The Morgan fingerprint density at radius 1 is 0.870 bits per heavy atom. The normalized spacial score (nSPS) is 11.0. The van der Waals surface area contributed by atoms with Crippen molar-refractivity contribution in [2.75, 3.05) is 5.32 Å². The van der Waals surface area contributed by atoms with Gasteiger partial charge in [0.15, 0.2) is 0 Å². The molecule has 3 aromatic rings. The van der Waals surface area contributed by atoms with Crippen LogP contribution in [0.3, 0.4) is 0 Å². The van der Waals surface area contributed by atoms with Crippen molar-refractivity contribution < 1.29 is 18.1 Å². The molecule has 0 saturated heterocycles. The molecule has 0 aliphatic carbocycles. The summed E-state index contributed by atoms with van der Waals surface area (Å²) in [5.74, 6) is -0.198. The van der Waals surface area contributed by atoms with Crippen molar-refractivity contribution >= 4 is 61.8 Å². The van der Waals surface area contributed by atoms with Crippen molar-refractivity contribution in [3.8, 4) is 5.75 Å². The third-order valence-electron chi connectivity index (χ3n) is 3.26. The summed E-state index contributed by atoms with van der Waals surface area (Å²) < 4.78 is 31.6. The summed E-state index contributed by atoms with van der Waals surface area (Å²) in [5.41, 5.74) is 1.63. The van der Waals surface area contributed by atoms with Gasteiger partial charge in [0.2, 0.25) is 0 Å². The molecule has 3 rings (SSSR count). The zero-order valence-corrected chi connectivity index (χ0v) is 15.2. The molecule has 3 N–H and O–H groups in total. The summed E-state index contributed by atoms with van der Waals surface area (Å²) in [6.45, 7) is 0. The van der Waals surface area contributed by atoms with Crippen LogP contribution >= 0.6 is 0 Å². The van der Waals surface area contributed by atoms with Gasteiger partial charge in [-0.15, -0.1) is 0 Å². The molecule has 0 saturated carbocycles. The molecule has 1 radical (unpaired) electrons. The van der Waals surface area contributed by atoms with Gasteiger partial charge in [0.1, 0.15) is 5.75 Å². The van der Waals surface area contributed by atoms with Crippen molar-refractivity contribution in [1.29, 1.82) is 0 Å². The third kappa shape index (κ3) is 4.04. The minimum Gasteiger partial charge on any atom is -0.507 e. The van der Waals surface area contributed by atoms with E-state index >= 15 is 0 Å². The second kappa shape index (κ2) is 6.90. The molecule has 113 valence electrons. The van der Waals surface area contributed by atoms with Crippen LogP contribution in [0.4, 0.5) is 11.4 Å². The molecule has 0 bridgehead atoms. The van der Waals surface area contributed by atoms with E-state index in [2.05, 4.69) is 5.32 Å². The Morgan fingerprint density at radius 3 is 2.22 bits per heavy atom. The first-order chi connectivity index (χ1) is 10.4. The fourth-order valence-corrected chi connectivity index (χ4v) is 2.77. The van der Waals surface area contributed by atoms with Crippen LogP contribution in [0.25, 0.3) is 10.8 Å². The first kappa shape index (κ1) is 17.8. The van der Waals surface area contributed by atoms with E-state index in [0.717, 1.165) is 17.4 Å². The number of benzene rings is 3. The van der Waals surface area contributed by atoms with Gasteiger partial charge in [-0.1, -0.05) is 18.2 Å². The summed E-state index contributed by atoms with van der Waals surface area (Å²) >= 11 is 0. The van der Waals surface area contributed by atoms with Crippen LogP contribution in [0.2, 0.25) is 0 Å². The molecule has 23 heavy (non-hydrogen) atoms. The van der Waals surface area contributed by atoms with Gasteiger partial charge in [-0.25, -0.2) is 0 Å². The van der Waals surface area contributed by atoms with Crippen LogP contribution in [-0.2, 0) is 10.1 Å². The SMILES string of the molecule is O=S(=O)(O)c1cc(O)c2ccc(Nc3ccccc3)cc2c1.[Na]. The maximum absolute atomic E-state index is 11.2. The fourth-order valence-electron chi connectivity index (χ4n) is 2.24. The van der Waals surface area contributed by atoms with Crippen molar-refractivity contribution in [2.45, 2.75) is 4.90 Å². The molecule has 7 heteroatoms. The number of aromatic hydroxyl groups is 1. The van der Waals surface area contributed by atoms with Gasteiger partial charge in [-0.3, -0.25) is 4.55 Å². The summed E-state index contributed by atoms with van der Waals surface area (Å²) in [4.78, 5) is -0.339. The maximum Gasteiger partial charge on any atom is 0.294 e. The van der Waals surface area contributed by atoms with Crippen molar-refractivity contribution in [1.82, 2.24) is 0 Å². The largest absolute Gasteiger partial charge is 0.507 e. The number of hydrogen-bond donors (Lipinski definition) is 3. The van der Waals surface area contributed by atoms with E-state index in [9.17, 15) is 13.5 Å². The zero-order chi connectivity index (χ0) is 15.7. The molecular formula is C16H13NNaO4S. The molecule has 0 aliphatic heterocycles. The predicted molar refractivity (Wildman–Crippen MR) is 90.9 cm³/mol. The summed E-state index contributed by atoms with van der Waals surface area (Å²) in [6.07, 6.45) is 0. The Kier molecular flexibility index (Phi) is 5.33.